The Balaban J connectivity index is 1.53. The molecule has 0 aliphatic heterocycles. The molecule has 0 radical (unpaired) electrons. The summed E-state index contributed by atoms with van der Waals surface area (Å²) in [6.07, 6.45) is 1.15. The number of aromatic amines is 1. The van der Waals surface area contributed by atoms with Crippen LogP contribution >= 0.6 is 0 Å². The van der Waals surface area contributed by atoms with Crippen LogP contribution in [-0.4, -0.2) is 25.7 Å². The lowest BCUT2D eigenvalue weighted by Gasteiger charge is -2.10. The molecule has 0 spiro atoms. The zero-order valence-corrected chi connectivity index (χ0v) is 14.1. The first kappa shape index (κ1) is 15.6. The number of rotatable bonds is 4. The number of nitrogens with zero attached hydrogens (tertiary/aromatic N) is 3. The first-order valence-electron chi connectivity index (χ1n) is 8.34. The molecule has 7 nitrogen and oxygen atoms in total. The van der Waals surface area contributed by atoms with Crippen LogP contribution in [0.1, 0.15) is 30.8 Å². The number of hydrogen-bond acceptors (Lipinski definition) is 4. The first-order valence-corrected chi connectivity index (χ1v) is 8.34. The Morgan fingerprint density at radius 1 is 1.40 bits per heavy atom. The second-order valence-electron chi connectivity index (χ2n) is 6.64. The molecular formula is C18H19N5O2. The Labute approximate surface area is 144 Å². The first-order chi connectivity index (χ1) is 12.0. The summed E-state index contributed by atoms with van der Waals surface area (Å²) in [7, 11) is 0. The highest BCUT2D eigenvalue weighted by Gasteiger charge is 2.35. The number of nitrogens with one attached hydrogen (secondary N) is 2. The maximum atomic E-state index is 12.6. The maximum absolute atomic E-state index is 12.6. The Hall–Kier alpha value is -2.96. The molecule has 2 atom stereocenters. The molecule has 7 heteroatoms. The van der Waals surface area contributed by atoms with Crippen LogP contribution in [0.5, 0.6) is 0 Å². The van der Waals surface area contributed by atoms with E-state index in [1.807, 2.05) is 12.1 Å². The summed E-state index contributed by atoms with van der Waals surface area (Å²) >= 11 is 0. The molecule has 1 amide bonds. The molecule has 2 heterocycles. The van der Waals surface area contributed by atoms with Gasteiger partial charge in [0, 0.05) is 17.7 Å². The van der Waals surface area contributed by atoms with E-state index in [0.29, 0.717) is 34.4 Å². The average Bonchev–Trinajstić information content (AvgIpc) is 3.13. The molecule has 1 aliphatic rings. The van der Waals surface area contributed by atoms with Crippen molar-refractivity contribution in [2.75, 3.05) is 5.32 Å². The van der Waals surface area contributed by atoms with Gasteiger partial charge < -0.3 is 5.32 Å². The van der Waals surface area contributed by atoms with Crippen molar-refractivity contribution in [2.24, 2.45) is 5.92 Å². The fourth-order valence-electron chi connectivity index (χ4n) is 3.14. The van der Waals surface area contributed by atoms with Gasteiger partial charge in [0.1, 0.15) is 12.4 Å². The van der Waals surface area contributed by atoms with Crippen molar-refractivity contribution in [1.82, 2.24) is 19.7 Å². The standard InChI is InChI=1S/C18H19N5O2/c1-10-7-13(10)15-8-16(22-21-15)20-17(24)9-23-11(2)19-14-6-4-3-5-12(14)18(23)25/h3-6,8,10,13H,7,9H2,1-2H3,(H2,20,21,22,24)/t10-,13-/m1/s1. The molecule has 3 aromatic rings. The molecule has 1 fully saturated rings. The van der Waals surface area contributed by atoms with Crippen molar-refractivity contribution < 1.29 is 4.79 Å². The molecule has 1 saturated carbocycles. The van der Waals surface area contributed by atoms with E-state index >= 15 is 0 Å². The van der Waals surface area contributed by atoms with Crippen molar-refractivity contribution in [3.05, 3.63) is 52.2 Å². The lowest BCUT2D eigenvalue weighted by atomic mass is 10.2. The summed E-state index contributed by atoms with van der Waals surface area (Å²) in [5.41, 5.74) is 1.47. The highest BCUT2D eigenvalue weighted by atomic mass is 16.2. The van der Waals surface area contributed by atoms with Crippen LogP contribution in [-0.2, 0) is 11.3 Å². The number of hydrogen-bond donors (Lipinski definition) is 2. The minimum absolute atomic E-state index is 0.0927. The number of aryl methyl sites for hydroxylation is 1. The molecule has 25 heavy (non-hydrogen) atoms. The lowest BCUT2D eigenvalue weighted by Crippen LogP contribution is -2.30. The Morgan fingerprint density at radius 3 is 2.92 bits per heavy atom. The van der Waals surface area contributed by atoms with E-state index in [1.54, 1.807) is 25.1 Å². The predicted octanol–water partition coefficient (Wildman–Crippen LogP) is 2.19. The Kier molecular flexibility index (Phi) is 3.63. The van der Waals surface area contributed by atoms with E-state index < -0.39 is 0 Å². The summed E-state index contributed by atoms with van der Waals surface area (Å²) < 4.78 is 1.38. The van der Waals surface area contributed by atoms with Gasteiger partial charge >= 0.3 is 0 Å². The number of anilines is 1. The summed E-state index contributed by atoms with van der Waals surface area (Å²) in [5, 5.41) is 10.3. The van der Waals surface area contributed by atoms with Crippen LogP contribution in [0.25, 0.3) is 10.9 Å². The minimum Gasteiger partial charge on any atom is -0.308 e. The van der Waals surface area contributed by atoms with Crippen LogP contribution in [0, 0.1) is 12.8 Å². The van der Waals surface area contributed by atoms with Crippen LogP contribution in [0.15, 0.2) is 35.1 Å². The van der Waals surface area contributed by atoms with E-state index in [1.165, 1.54) is 4.57 Å². The van der Waals surface area contributed by atoms with Crippen LogP contribution in [0.2, 0.25) is 0 Å². The highest BCUT2D eigenvalue weighted by molar-refractivity contribution is 5.90. The van der Waals surface area contributed by atoms with E-state index in [9.17, 15) is 9.59 Å². The molecule has 0 bridgehead atoms. The Morgan fingerprint density at radius 2 is 2.16 bits per heavy atom. The Bertz CT molecular complexity index is 1020. The van der Waals surface area contributed by atoms with Crippen LogP contribution < -0.4 is 10.9 Å². The SMILES string of the molecule is Cc1nc2ccccc2c(=O)n1CC(=O)Nc1cc([C@@H]2C[C@H]2C)[nH]n1. The molecule has 1 aliphatic carbocycles. The number of fused-ring (bicyclic) bond motifs is 1. The number of carbonyl (C=O) groups excluding carboxylic acids is 1. The number of aromatic nitrogens is 4. The minimum atomic E-state index is -0.302. The van der Waals surface area contributed by atoms with Crippen LogP contribution in [0.3, 0.4) is 0 Å². The van der Waals surface area contributed by atoms with Gasteiger partial charge in [-0.3, -0.25) is 19.3 Å². The van der Waals surface area contributed by atoms with Gasteiger partial charge in [0.2, 0.25) is 5.91 Å². The topological polar surface area (TPSA) is 92.7 Å². The summed E-state index contributed by atoms with van der Waals surface area (Å²) in [4.78, 5) is 29.3. The van der Waals surface area contributed by atoms with Gasteiger partial charge in [-0.1, -0.05) is 19.1 Å². The number of para-hydroxylation sites is 1. The molecule has 2 N–H and O–H groups in total. The van der Waals surface area contributed by atoms with E-state index in [-0.39, 0.29) is 18.0 Å². The maximum Gasteiger partial charge on any atom is 0.261 e. The summed E-state index contributed by atoms with van der Waals surface area (Å²) in [6, 6.07) is 8.99. The number of benzene rings is 1. The van der Waals surface area contributed by atoms with Crippen molar-refractivity contribution in [2.45, 2.75) is 32.7 Å². The van der Waals surface area contributed by atoms with Gasteiger partial charge in [-0.15, -0.1) is 0 Å². The average molecular weight is 337 g/mol. The molecule has 4 rings (SSSR count). The molecular weight excluding hydrogens is 318 g/mol. The highest BCUT2D eigenvalue weighted by Crippen LogP contribution is 2.46. The van der Waals surface area contributed by atoms with Gasteiger partial charge in [0.15, 0.2) is 5.82 Å². The monoisotopic (exact) mass is 337 g/mol. The third-order valence-corrected chi connectivity index (χ3v) is 4.73. The van der Waals surface area contributed by atoms with Crippen molar-refractivity contribution in [3.63, 3.8) is 0 Å². The van der Waals surface area contributed by atoms with E-state index in [4.69, 9.17) is 0 Å². The quantitative estimate of drug-likeness (QED) is 0.763. The molecule has 2 aromatic heterocycles. The number of carbonyl (C=O) groups is 1. The summed E-state index contributed by atoms with van der Waals surface area (Å²) in [6.45, 7) is 3.82. The van der Waals surface area contributed by atoms with Gasteiger partial charge in [-0.2, -0.15) is 5.10 Å². The van der Waals surface area contributed by atoms with Crippen molar-refractivity contribution in [1.29, 1.82) is 0 Å². The van der Waals surface area contributed by atoms with Gasteiger partial charge in [0.25, 0.3) is 5.56 Å². The molecule has 1 aromatic carbocycles. The van der Waals surface area contributed by atoms with Crippen LogP contribution in [0.4, 0.5) is 5.82 Å². The smallest absolute Gasteiger partial charge is 0.261 e. The third-order valence-electron chi connectivity index (χ3n) is 4.73. The van der Waals surface area contributed by atoms with Crippen molar-refractivity contribution >= 4 is 22.6 Å². The normalized spacial score (nSPS) is 19.1. The van der Waals surface area contributed by atoms with E-state index in [2.05, 4.69) is 27.4 Å². The molecule has 0 saturated heterocycles. The van der Waals surface area contributed by atoms with E-state index in [0.717, 1.165) is 12.1 Å². The second kappa shape index (κ2) is 5.84. The zero-order chi connectivity index (χ0) is 17.6. The zero-order valence-electron chi connectivity index (χ0n) is 14.1. The second-order valence-corrected chi connectivity index (χ2v) is 6.64. The van der Waals surface area contributed by atoms with Crippen molar-refractivity contribution in [3.8, 4) is 0 Å². The lowest BCUT2D eigenvalue weighted by molar-refractivity contribution is -0.116. The van der Waals surface area contributed by atoms with Gasteiger partial charge in [-0.25, -0.2) is 4.98 Å². The fraction of sp³-hybridized carbons (Fsp3) is 0.333. The van der Waals surface area contributed by atoms with Gasteiger partial charge in [0.05, 0.1) is 10.9 Å². The number of amides is 1. The molecule has 0 unspecified atom stereocenters. The largest absolute Gasteiger partial charge is 0.308 e. The molecule has 128 valence electrons. The third kappa shape index (κ3) is 2.93. The fourth-order valence-corrected chi connectivity index (χ4v) is 3.14. The predicted molar refractivity (Wildman–Crippen MR) is 94.5 cm³/mol. The number of H-pyrrole nitrogens is 1. The summed E-state index contributed by atoms with van der Waals surface area (Å²) in [5.74, 6) is 1.86. The van der Waals surface area contributed by atoms with Gasteiger partial charge in [-0.05, 0) is 31.4 Å².